The molecule has 2 atom stereocenters. The number of methoxy groups -OCH3 is 1. The molecule has 1 aliphatic rings. The fourth-order valence-electron chi connectivity index (χ4n) is 3.30. The van der Waals surface area contributed by atoms with Crippen LogP contribution in [0.5, 0.6) is 0 Å². The van der Waals surface area contributed by atoms with Crippen molar-refractivity contribution in [1.82, 2.24) is 10.2 Å². The van der Waals surface area contributed by atoms with Gasteiger partial charge in [-0.25, -0.2) is 0 Å². The molecule has 0 spiro atoms. The highest BCUT2D eigenvalue weighted by Crippen LogP contribution is 2.34. The van der Waals surface area contributed by atoms with Gasteiger partial charge in [-0.1, -0.05) is 13.8 Å². The van der Waals surface area contributed by atoms with Crippen molar-refractivity contribution >= 4 is 0 Å². The van der Waals surface area contributed by atoms with Crippen molar-refractivity contribution in [3.05, 3.63) is 0 Å². The quantitative estimate of drug-likeness (QED) is 0.732. The van der Waals surface area contributed by atoms with Crippen molar-refractivity contribution < 1.29 is 4.74 Å². The van der Waals surface area contributed by atoms with Crippen LogP contribution >= 0.6 is 0 Å². The van der Waals surface area contributed by atoms with Crippen LogP contribution < -0.4 is 5.32 Å². The zero-order valence-corrected chi connectivity index (χ0v) is 12.9. The molecule has 1 aliphatic carbocycles. The van der Waals surface area contributed by atoms with Gasteiger partial charge in [-0.3, -0.25) is 4.90 Å². The number of hydrogen-bond acceptors (Lipinski definition) is 4. The Balaban J connectivity index is 2.74. The highest BCUT2D eigenvalue weighted by molar-refractivity contribution is 5.13. The minimum atomic E-state index is -0.317. The number of ether oxygens (including phenoxy) is 1. The van der Waals surface area contributed by atoms with E-state index < -0.39 is 0 Å². The number of rotatable bonds is 8. The maximum Gasteiger partial charge on any atom is 0.108 e. The molecular formula is C15H29N3O. The van der Waals surface area contributed by atoms with E-state index in [1.807, 2.05) is 7.05 Å². The first-order chi connectivity index (χ1) is 9.16. The predicted molar refractivity (Wildman–Crippen MR) is 78.0 cm³/mol. The number of nitrogens with one attached hydrogen (secondary N) is 1. The molecule has 19 heavy (non-hydrogen) atoms. The van der Waals surface area contributed by atoms with Crippen LogP contribution in [0.15, 0.2) is 0 Å². The second kappa shape index (κ2) is 7.84. The Labute approximate surface area is 118 Å². The summed E-state index contributed by atoms with van der Waals surface area (Å²) in [6.45, 7) is 6.24. The van der Waals surface area contributed by atoms with E-state index in [-0.39, 0.29) is 5.54 Å². The van der Waals surface area contributed by atoms with Gasteiger partial charge in [-0.15, -0.1) is 0 Å². The summed E-state index contributed by atoms with van der Waals surface area (Å²) in [4.78, 5) is 2.57. The van der Waals surface area contributed by atoms with Gasteiger partial charge < -0.3 is 10.1 Å². The maximum atomic E-state index is 9.39. The van der Waals surface area contributed by atoms with Gasteiger partial charge in [-0.05, 0) is 39.2 Å². The van der Waals surface area contributed by atoms with Crippen LogP contribution in [0, 0.1) is 11.3 Å². The Morgan fingerprint density at radius 3 is 2.58 bits per heavy atom. The SMILES string of the molecule is CCC(CC)N(CCOC)C1CCC(C#N)(NC)C1. The largest absolute Gasteiger partial charge is 0.383 e. The van der Waals surface area contributed by atoms with Crippen LogP contribution in [0.4, 0.5) is 0 Å². The van der Waals surface area contributed by atoms with Crippen molar-refractivity contribution in [1.29, 1.82) is 5.26 Å². The van der Waals surface area contributed by atoms with E-state index in [1.54, 1.807) is 7.11 Å². The fourth-order valence-corrected chi connectivity index (χ4v) is 3.30. The summed E-state index contributed by atoms with van der Waals surface area (Å²) in [6, 6.07) is 3.58. The normalized spacial score (nSPS) is 27.1. The first kappa shape index (κ1) is 16.4. The number of nitrogens with zero attached hydrogens (tertiary/aromatic N) is 2. The van der Waals surface area contributed by atoms with Gasteiger partial charge in [0.25, 0.3) is 0 Å². The third kappa shape index (κ3) is 3.92. The van der Waals surface area contributed by atoms with E-state index in [1.165, 1.54) is 0 Å². The summed E-state index contributed by atoms with van der Waals surface area (Å²) in [6.07, 6.45) is 5.31. The van der Waals surface area contributed by atoms with Crippen LogP contribution in [0.25, 0.3) is 0 Å². The molecule has 0 aliphatic heterocycles. The summed E-state index contributed by atoms with van der Waals surface area (Å²) in [5.74, 6) is 0. The summed E-state index contributed by atoms with van der Waals surface area (Å²) in [5.41, 5.74) is -0.317. The van der Waals surface area contributed by atoms with Gasteiger partial charge in [-0.2, -0.15) is 5.26 Å². The minimum absolute atomic E-state index is 0.317. The first-order valence-electron chi connectivity index (χ1n) is 7.51. The van der Waals surface area contributed by atoms with Crippen LogP contribution in [0.1, 0.15) is 46.0 Å². The van der Waals surface area contributed by atoms with E-state index in [2.05, 4.69) is 30.1 Å². The molecule has 0 amide bonds. The zero-order valence-electron chi connectivity index (χ0n) is 12.9. The van der Waals surface area contributed by atoms with E-state index in [9.17, 15) is 5.26 Å². The van der Waals surface area contributed by atoms with Crippen molar-refractivity contribution in [3.8, 4) is 6.07 Å². The molecule has 0 heterocycles. The molecule has 0 aromatic carbocycles. The van der Waals surface area contributed by atoms with Gasteiger partial charge in [0, 0.05) is 25.7 Å². The monoisotopic (exact) mass is 267 g/mol. The van der Waals surface area contributed by atoms with E-state index in [0.717, 1.165) is 45.3 Å². The third-order valence-corrected chi connectivity index (χ3v) is 4.62. The third-order valence-electron chi connectivity index (χ3n) is 4.62. The summed E-state index contributed by atoms with van der Waals surface area (Å²) < 4.78 is 5.25. The lowest BCUT2D eigenvalue weighted by Gasteiger charge is -2.36. The van der Waals surface area contributed by atoms with Gasteiger partial charge in [0.05, 0.1) is 12.7 Å². The number of nitriles is 1. The fraction of sp³-hybridized carbons (Fsp3) is 0.933. The molecule has 1 fully saturated rings. The molecule has 4 nitrogen and oxygen atoms in total. The maximum absolute atomic E-state index is 9.39. The van der Waals surface area contributed by atoms with Gasteiger partial charge in [0.2, 0.25) is 0 Å². The van der Waals surface area contributed by atoms with Gasteiger partial charge in [0.15, 0.2) is 0 Å². The Hall–Kier alpha value is -0.630. The highest BCUT2D eigenvalue weighted by atomic mass is 16.5. The van der Waals surface area contributed by atoms with Gasteiger partial charge >= 0.3 is 0 Å². The molecule has 0 saturated heterocycles. The minimum Gasteiger partial charge on any atom is -0.383 e. The predicted octanol–water partition coefficient (Wildman–Crippen LogP) is 2.16. The smallest absolute Gasteiger partial charge is 0.108 e. The standard InChI is InChI=1S/C15H29N3O/c1-5-13(6-2)18(9-10-19-4)14-7-8-15(11-14,12-16)17-3/h13-14,17H,5-11H2,1-4H3. The lowest BCUT2D eigenvalue weighted by Crippen LogP contribution is -2.46. The Bertz CT molecular complexity index is 298. The Morgan fingerprint density at radius 1 is 1.47 bits per heavy atom. The molecule has 0 aromatic rings. The number of hydrogen-bond donors (Lipinski definition) is 1. The Morgan fingerprint density at radius 2 is 2.16 bits per heavy atom. The summed E-state index contributed by atoms with van der Waals surface area (Å²) in [5, 5.41) is 12.6. The topological polar surface area (TPSA) is 48.3 Å². The molecular weight excluding hydrogens is 238 g/mol. The van der Waals surface area contributed by atoms with Crippen molar-refractivity contribution in [3.63, 3.8) is 0 Å². The van der Waals surface area contributed by atoms with E-state index in [4.69, 9.17) is 4.74 Å². The van der Waals surface area contributed by atoms with Crippen molar-refractivity contribution in [2.45, 2.75) is 63.6 Å². The molecule has 0 aromatic heterocycles. The molecule has 4 heteroatoms. The van der Waals surface area contributed by atoms with Crippen LogP contribution in [0.2, 0.25) is 0 Å². The Kier molecular flexibility index (Phi) is 6.78. The van der Waals surface area contributed by atoms with Crippen LogP contribution in [0.3, 0.4) is 0 Å². The zero-order chi connectivity index (χ0) is 14.3. The summed E-state index contributed by atoms with van der Waals surface area (Å²) >= 11 is 0. The molecule has 0 bridgehead atoms. The molecule has 1 N–H and O–H groups in total. The lowest BCUT2D eigenvalue weighted by molar-refractivity contribution is 0.0793. The molecule has 0 radical (unpaired) electrons. The van der Waals surface area contributed by atoms with Gasteiger partial charge in [0.1, 0.15) is 5.54 Å². The summed E-state index contributed by atoms with van der Waals surface area (Å²) in [7, 11) is 3.66. The molecule has 1 saturated carbocycles. The average molecular weight is 267 g/mol. The van der Waals surface area contributed by atoms with Crippen molar-refractivity contribution in [2.75, 3.05) is 27.3 Å². The lowest BCUT2D eigenvalue weighted by atomic mass is 9.99. The average Bonchev–Trinajstić information content (AvgIpc) is 2.88. The second-order valence-corrected chi connectivity index (χ2v) is 5.54. The van der Waals surface area contributed by atoms with E-state index >= 15 is 0 Å². The van der Waals surface area contributed by atoms with E-state index in [0.29, 0.717) is 12.1 Å². The molecule has 1 rings (SSSR count). The molecule has 2 unspecified atom stereocenters. The van der Waals surface area contributed by atoms with Crippen LogP contribution in [-0.2, 0) is 4.74 Å². The molecule has 110 valence electrons. The van der Waals surface area contributed by atoms with Crippen LogP contribution in [-0.4, -0.2) is 49.8 Å². The van der Waals surface area contributed by atoms with Crippen molar-refractivity contribution in [2.24, 2.45) is 0 Å². The highest BCUT2D eigenvalue weighted by Gasteiger charge is 2.41. The first-order valence-corrected chi connectivity index (χ1v) is 7.51. The second-order valence-electron chi connectivity index (χ2n) is 5.54.